The Bertz CT molecular complexity index is 1760. The second-order valence-electron chi connectivity index (χ2n) is 26.2. The fourth-order valence-electron chi connectivity index (χ4n) is 11.0. The molecule has 3 unspecified atom stereocenters. The Labute approximate surface area is 556 Å². The SMILES string of the molecule is CCCCCCCCCCCCCCCCCCCCCCC(=O)O[C@H](COC(=O)CCCCCCCCCCCCCCCC)COP(=O)(O)OC[C@@H](O)COP(=O)(O)OC[C@@H](COC(=O)CCCCCCCCC)OC(=O)CCCCCCCCC(C)CC. The molecule has 0 amide bonds. The van der Waals surface area contributed by atoms with Gasteiger partial charge in [0.05, 0.1) is 26.4 Å². The minimum absolute atomic E-state index is 0.103. The third-order valence-electron chi connectivity index (χ3n) is 17.1. The lowest BCUT2D eigenvalue weighted by Crippen LogP contribution is -2.30. The van der Waals surface area contributed by atoms with Gasteiger partial charge >= 0.3 is 39.5 Å². The van der Waals surface area contributed by atoms with E-state index in [4.69, 9.17) is 37.0 Å². The summed E-state index contributed by atoms with van der Waals surface area (Å²) in [6.45, 7) is 7.17. The van der Waals surface area contributed by atoms with Gasteiger partial charge in [-0.2, -0.15) is 0 Å². The van der Waals surface area contributed by atoms with Gasteiger partial charge in [0.1, 0.15) is 19.3 Å². The molecule has 0 radical (unpaired) electrons. The van der Waals surface area contributed by atoms with Crippen molar-refractivity contribution in [3.63, 3.8) is 0 Å². The largest absolute Gasteiger partial charge is 0.472 e. The van der Waals surface area contributed by atoms with Crippen LogP contribution in [0.4, 0.5) is 0 Å². The van der Waals surface area contributed by atoms with Crippen LogP contribution < -0.4 is 0 Å². The van der Waals surface area contributed by atoms with Crippen LogP contribution in [-0.2, 0) is 65.4 Å². The number of hydrogen-bond acceptors (Lipinski definition) is 15. The molecule has 17 nitrogen and oxygen atoms in total. The van der Waals surface area contributed by atoms with Crippen LogP contribution in [0.25, 0.3) is 0 Å². The van der Waals surface area contributed by atoms with Crippen molar-refractivity contribution in [3.8, 4) is 0 Å². The minimum atomic E-state index is -4.95. The van der Waals surface area contributed by atoms with Crippen molar-refractivity contribution < 1.29 is 80.2 Å². The normalized spacial score (nSPS) is 14.3. The highest BCUT2D eigenvalue weighted by molar-refractivity contribution is 7.47. The van der Waals surface area contributed by atoms with Crippen LogP contribution in [0.3, 0.4) is 0 Å². The number of carbonyl (C=O) groups excluding carboxylic acids is 4. The zero-order valence-corrected chi connectivity index (χ0v) is 60.8. The number of esters is 4. The van der Waals surface area contributed by atoms with Crippen LogP contribution in [0.5, 0.6) is 0 Å². The first-order valence-electron chi connectivity index (χ1n) is 37.7. The van der Waals surface area contributed by atoms with E-state index in [0.29, 0.717) is 25.7 Å². The summed E-state index contributed by atoms with van der Waals surface area (Å²) in [6.07, 6.45) is 53.0. The fourth-order valence-corrected chi connectivity index (χ4v) is 12.5. The highest BCUT2D eigenvalue weighted by Gasteiger charge is 2.30. The molecule has 0 bridgehead atoms. The monoisotopic (exact) mass is 1340 g/mol. The Balaban J connectivity index is 5.17. The third kappa shape index (κ3) is 65.1. The van der Waals surface area contributed by atoms with Gasteiger partial charge in [0, 0.05) is 25.7 Å². The Morgan fingerprint density at radius 2 is 0.527 bits per heavy atom. The predicted octanol–water partition coefficient (Wildman–Crippen LogP) is 20.9. The van der Waals surface area contributed by atoms with Crippen molar-refractivity contribution in [3.05, 3.63) is 0 Å². The van der Waals surface area contributed by atoms with E-state index in [0.717, 1.165) is 109 Å². The summed E-state index contributed by atoms with van der Waals surface area (Å²) in [6, 6.07) is 0. The van der Waals surface area contributed by atoms with Crippen molar-refractivity contribution >= 4 is 39.5 Å². The first-order chi connectivity index (χ1) is 44.1. The lowest BCUT2D eigenvalue weighted by atomic mass is 10.00. The average molecular weight is 1340 g/mol. The molecule has 19 heteroatoms. The van der Waals surface area contributed by atoms with Crippen LogP contribution in [0.2, 0.25) is 0 Å². The number of aliphatic hydroxyl groups excluding tert-OH is 1. The van der Waals surface area contributed by atoms with Crippen LogP contribution in [0.1, 0.15) is 375 Å². The van der Waals surface area contributed by atoms with E-state index in [9.17, 15) is 43.2 Å². The van der Waals surface area contributed by atoms with E-state index in [-0.39, 0.29) is 25.7 Å². The molecule has 91 heavy (non-hydrogen) atoms. The van der Waals surface area contributed by atoms with E-state index in [1.807, 2.05) is 0 Å². The number of phosphoric ester groups is 2. The Morgan fingerprint density at radius 1 is 0.308 bits per heavy atom. The van der Waals surface area contributed by atoms with Gasteiger partial charge in [-0.05, 0) is 31.6 Å². The Hall–Kier alpha value is -1.94. The molecule has 0 aliphatic heterocycles. The summed E-state index contributed by atoms with van der Waals surface area (Å²) in [7, 11) is -9.90. The van der Waals surface area contributed by atoms with E-state index >= 15 is 0 Å². The van der Waals surface area contributed by atoms with Gasteiger partial charge in [0.15, 0.2) is 12.2 Å². The van der Waals surface area contributed by atoms with Gasteiger partial charge in [-0.3, -0.25) is 37.3 Å². The second kappa shape index (κ2) is 65.4. The molecule has 0 saturated heterocycles. The molecule has 0 spiro atoms. The molecular weight excluding hydrogens is 1200 g/mol. The quantitative estimate of drug-likeness (QED) is 0.0222. The van der Waals surface area contributed by atoms with E-state index < -0.39 is 97.5 Å². The van der Waals surface area contributed by atoms with Gasteiger partial charge in [-0.25, -0.2) is 9.13 Å². The van der Waals surface area contributed by atoms with Gasteiger partial charge in [0.25, 0.3) is 0 Å². The van der Waals surface area contributed by atoms with Crippen molar-refractivity contribution in [2.75, 3.05) is 39.6 Å². The molecule has 540 valence electrons. The molecular formula is C72H140O17P2. The number of rotatable bonds is 72. The van der Waals surface area contributed by atoms with E-state index in [1.165, 1.54) is 186 Å². The van der Waals surface area contributed by atoms with E-state index in [1.54, 1.807) is 0 Å². The molecule has 3 N–H and O–H groups in total. The van der Waals surface area contributed by atoms with Crippen LogP contribution >= 0.6 is 15.6 Å². The smallest absolute Gasteiger partial charge is 0.462 e. The zero-order chi connectivity index (χ0) is 67.0. The number of unbranched alkanes of at least 4 members (excludes halogenated alkanes) is 43. The molecule has 0 aromatic heterocycles. The number of ether oxygens (including phenoxy) is 4. The molecule has 0 aromatic carbocycles. The highest BCUT2D eigenvalue weighted by atomic mass is 31.2. The van der Waals surface area contributed by atoms with Crippen LogP contribution in [0.15, 0.2) is 0 Å². The maximum absolute atomic E-state index is 13.0. The van der Waals surface area contributed by atoms with Gasteiger partial charge in [-0.1, -0.05) is 324 Å². The summed E-state index contributed by atoms with van der Waals surface area (Å²) < 4.78 is 68.2. The Morgan fingerprint density at radius 3 is 0.780 bits per heavy atom. The number of aliphatic hydroxyl groups is 1. The average Bonchev–Trinajstić information content (AvgIpc) is 3.71. The summed E-state index contributed by atoms with van der Waals surface area (Å²) in [5.74, 6) is -1.41. The van der Waals surface area contributed by atoms with Crippen molar-refractivity contribution in [2.24, 2.45) is 5.92 Å². The molecule has 0 rings (SSSR count). The maximum atomic E-state index is 13.0. The van der Waals surface area contributed by atoms with Crippen LogP contribution in [-0.4, -0.2) is 96.7 Å². The maximum Gasteiger partial charge on any atom is 0.472 e. The summed E-state index contributed by atoms with van der Waals surface area (Å²) in [4.78, 5) is 72.4. The fraction of sp³-hybridized carbons (Fsp3) is 0.944. The predicted molar refractivity (Wildman–Crippen MR) is 368 cm³/mol. The summed E-state index contributed by atoms with van der Waals surface area (Å²) >= 11 is 0. The van der Waals surface area contributed by atoms with Gasteiger partial charge < -0.3 is 33.8 Å². The molecule has 0 aliphatic rings. The number of hydrogen-bond donors (Lipinski definition) is 3. The first kappa shape index (κ1) is 89.1. The van der Waals surface area contributed by atoms with Crippen molar-refractivity contribution in [1.82, 2.24) is 0 Å². The summed E-state index contributed by atoms with van der Waals surface area (Å²) in [5, 5.41) is 10.6. The van der Waals surface area contributed by atoms with E-state index in [2.05, 4.69) is 34.6 Å². The summed E-state index contributed by atoms with van der Waals surface area (Å²) in [5.41, 5.74) is 0. The van der Waals surface area contributed by atoms with Crippen LogP contribution in [0, 0.1) is 5.92 Å². The van der Waals surface area contributed by atoms with Gasteiger partial charge in [0.2, 0.25) is 0 Å². The molecule has 0 fully saturated rings. The highest BCUT2D eigenvalue weighted by Crippen LogP contribution is 2.45. The standard InChI is InChI=1S/C72H140O17P2/c1-6-10-13-16-19-21-23-25-27-28-29-30-31-32-34-36-38-41-47-52-57-71(76)88-67(62-83-70(75)56-51-46-40-37-35-33-26-24-22-20-17-14-11-7-2)63-86-90(78,79)84-59-66(73)60-85-91(80,81)87-64-68(61-82-69(74)55-50-45-39-18-15-12-8-3)89-72(77)58-53-48-43-42-44-49-54-65(5)9-4/h65-68,73H,6-64H2,1-5H3,(H,78,79)(H,80,81)/t65?,66-,67-,68-/m1/s1. The van der Waals surface area contributed by atoms with Crippen molar-refractivity contribution in [2.45, 2.75) is 393 Å². The lowest BCUT2D eigenvalue weighted by molar-refractivity contribution is -0.161. The third-order valence-corrected chi connectivity index (χ3v) is 19.0. The first-order valence-corrected chi connectivity index (χ1v) is 40.7. The molecule has 6 atom stereocenters. The number of carbonyl (C=O) groups is 4. The second-order valence-corrected chi connectivity index (χ2v) is 29.1. The lowest BCUT2D eigenvalue weighted by Gasteiger charge is -2.21. The van der Waals surface area contributed by atoms with Crippen molar-refractivity contribution in [1.29, 1.82) is 0 Å². The minimum Gasteiger partial charge on any atom is -0.462 e. The zero-order valence-electron chi connectivity index (χ0n) is 59.0. The van der Waals surface area contributed by atoms with Gasteiger partial charge in [-0.15, -0.1) is 0 Å². The molecule has 0 aromatic rings. The number of phosphoric acid groups is 2. The molecule has 0 heterocycles. The molecule has 0 aliphatic carbocycles. The molecule has 0 saturated carbocycles. The topological polar surface area (TPSA) is 237 Å². The Kier molecular flexibility index (Phi) is 64.0.